The number of aromatic nitrogens is 2. The molecule has 2 aromatic heterocycles. The molecule has 34 heavy (non-hydrogen) atoms. The van der Waals surface area contributed by atoms with E-state index in [1.165, 1.54) is 18.8 Å². The van der Waals surface area contributed by atoms with Gasteiger partial charge in [-0.15, -0.1) is 0 Å². The van der Waals surface area contributed by atoms with Crippen LogP contribution in [-0.4, -0.2) is 54.8 Å². The van der Waals surface area contributed by atoms with E-state index in [9.17, 15) is 9.59 Å². The molecule has 1 aliphatic rings. The number of hydrogen-bond donors (Lipinski definition) is 1. The number of carbonyl (C=O) groups excluding carboxylic acids is 1. The topological polar surface area (TPSA) is 85.8 Å². The van der Waals surface area contributed by atoms with Crippen LogP contribution in [0.4, 0.5) is 0 Å². The quantitative estimate of drug-likeness (QED) is 0.483. The number of H-pyrrole nitrogens is 1. The van der Waals surface area contributed by atoms with Crippen LogP contribution in [0, 0.1) is 0 Å². The number of rotatable bonds is 5. The van der Waals surface area contributed by atoms with Crippen LogP contribution >= 0.6 is 0 Å². The lowest BCUT2D eigenvalue weighted by Crippen LogP contribution is -2.36. The first-order valence-corrected chi connectivity index (χ1v) is 11.3. The van der Waals surface area contributed by atoms with Gasteiger partial charge in [0.15, 0.2) is 11.5 Å². The van der Waals surface area contributed by atoms with E-state index >= 15 is 0 Å². The van der Waals surface area contributed by atoms with Gasteiger partial charge in [0.25, 0.3) is 11.5 Å². The van der Waals surface area contributed by atoms with Gasteiger partial charge >= 0.3 is 0 Å². The number of piperidine rings is 1. The third-order valence-corrected chi connectivity index (χ3v) is 6.51. The number of hydrogen-bond acceptors (Lipinski definition) is 5. The van der Waals surface area contributed by atoms with E-state index in [4.69, 9.17) is 14.2 Å². The van der Waals surface area contributed by atoms with Gasteiger partial charge in [-0.05, 0) is 37.5 Å². The fourth-order valence-corrected chi connectivity index (χ4v) is 4.72. The molecule has 1 amide bonds. The van der Waals surface area contributed by atoms with Crippen molar-refractivity contribution in [2.45, 2.75) is 19.3 Å². The fourth-order valence-electron chi connectivity index (χ4n) is 4.72. The Labute approximate surface area is 196 Å². The van der Waals surface area contributed by atoms with Gasteiger partial charge in [-0.3, -0.25) is 14.2 Å². The minimum Gasteiger partial charge on any atom is -0.497 e. The second-order valence-electron chi connectivity index (χ2n) is 8.41. The molecule has 0 saturated carbocycles. The summed E-state index contributed by atoms with van der Waals surface area (Å²) in [4.78, 5) is 32.5. The number of fused-ring (bicyclic) bond motifs is 2. The lowest BCUT2D eigenvalue weighted by Gasteiger charge is -2.27. The molecule has 1 saturated heterocycles. The van der Waals surface area contributed by atoms with Gasteiger partial charge in [0.2, 0.25) is 0 Å². The van der Waals surface area contributed by atoms with Crippen LogP contribution in [0.5, 0.6) is 17.2 Å². The van der Waals surface area contributed by atoms with Crippen LogP contribution in [0.25, 0.3) is 27.4 Å². The smallest absolute Gasteiger partial charge is 0.263 e. The maximum Gasteiger partial charge on any atom is 0.263 e. The number of amides is 1. The molecular formula is C26H27N3O5. The first kappa shape index (κ1) is 21.9. The summed E-state index contributed by atoms with van der Waals surface area (Å²) in [6.45, 7) is 1.40. The number of ether oxygens (including phenoxy) is 3. The molecular weight excluding hydrogens is 434 g/mol. The standard InChI is InChI=1S/C26H27N3O5/c1-32-16-11-21-17(7-8-27-21)22(12-16)29-15-20(25(30)28-9-5-4-6-10-28)18-13-23(33-2)24(34-3)14-19(18)26(29)31/h7-8,11-15,27H,4-6,9-10H2,1-3H3. The normalized spacial score (nSPS) is 13.9. The van der Waals surface area contributed by atoms with Crippen LogP contribution in [0.2, 0.25) is 0 Å². The Bertz CT molecular complexity index is 1450. The van der Waals surface area contributed by atoms with Crippen molar-refractivity contribution in [3.05, 3.63) is 58.6 Å². The summed E-state index contributed by atoms with van der Waals surface area (Å²) in [5.41, 5.74) is 1.65. The summed E-state index contributed by atoms with van der Waals surface area (Å²) in [5.74, 6) is 1.40. The Morgan fingerprint density at radius 1 is 0.882 bits per heavy atom. The van der Waals surface area contributed by atoms with Crippen molar-refractivity contribution >= 4 is 27.6 Å². The molecule has 0 bridgehead atoms. The SMILES string of the molecule is COc1cc(-n2cc(C(=O)N3CCCCC3)c3cc(OC)c(OC)cc3c2=O)c2cc[nH]c2c1. The summed E-state index contributed by atoms with van der Waals surface area (Å²) in [5, 5.41) is 1.77. The summed E-state index contributed by atoms with van der Waals surface area (Å²) in [6.07, 6.45) is 6.52. The van der Waals surface area contributed by atoms with Crippen molar-refractivity contribution in [3.8, 4) is 22.9 Å². The number of carbonyl (C=O) groups is 1. The highest BCUT2D eigenvalue weighted by Crippen LogP contribution is 2.34. The Hall–Kier alpha value is -3.94. The zero-order chi connectivity index (χ0) is 23.8. The van der Waals surface area contributed by atoms with Crippen molar-refractivity contribution in [1.82, 2.24) is 14.5 Å². The molecule has 0 spiro atoms. The largest absolute Gasteiger partial charge is 0.497 e. The van der Waals surface area contributed by atoms with E-state index < -0.39 is 0 Å². The van der Waals surface area contributed by atoms with E-state index in [0.717, 1.165) is 30.2 Å². The molecule has 0 aliphatic carbocycles. The molecule has 1 aliphatic heterocycles. The summed E-state index contributed by atoms with van der Waals surface area (Å²) in [7, 11) is 4.64. The lowest BCUT2D eigenvalue weighted by molar-refractivity contribution is 0.0725. The Morgan fingerprint density at radius 2 is 1.59 bits per heavy atom. The second-order valence-corrected chi connectivity index (χ2v) is 8.41. The average molecular weight is 462 g/mol. The number of pyridine rings is 1. The number of benzene rings is 2. The minimum absolute atomic E-state index is 0.0983. The maximum atomic E-state index is 13.8. The molecule has 0 radical (unpaired) electrons. The van der Waals surface area contributed by atoms with Crippen molar-refractivity contribution in [2.75, 3.05) is 34.4 Å². The minimum atomic E-state index is -0.262. The third kappa shape index (κ3) is 3.55. The Morgan fingerprint density at radius 3 is 2.26 bits per heavy atom. The molecule has 8 heteroatoms. The van der Waals surface area contributed by atoms with Crippen LogP contribution in [0.3, 0.4) is 0 Å². The van der Waals surface area contributed by atoms with Gasteiger partial charge in [-0.1, -0.05) is 0 Å². The molecule has 8 nitrogen and oxygen atoms in total. The maximum absolute atomic E-state index is 13.8. The van der Waals surface area contributed by atoms with Crippen LogP contribution in [0.15, 0.2) is 47.5 Å². The van der Waals surface area contributed by atoms with Crippen molar-refractivity contribution < 1.29 is 19.0 Å². The van der Waals surface area contributed by atoms with Crippen LogP contribution in [0.1, 0.15) is 29.6 Å². The zero-order valence-corrected chi connectivity index (χ0v) is 19.5. The molecule has 0 unspecified atom stereocenters. The first-order chi connectivity index (χ1) is 16.5. The highest BCUT2D eigenvalue weighted by atomic mass is 16.5. The number of methoxy groups -OCH3 is 3. The van der Waals surface area contributed by atoms with Gasteiger partial charge in [0, 0.05) is 48.4 Å². The summed E-state index contributed by atoms with van der Waals surface area (Å²) < 4.78 is 17.9. The van der Waals surface area contributed by atoms with Gasteiger partial charge in [0.1, 0.15) is 5.75 Å². The predicted molar refractivity (Wildman–Crippen MR) is 131 cm³/mol. The second kappa shape index (κ2) is 8.78. The van der Waals surface area contributed by atoms with Gasteiger partial charge in [-0.25, -0.2) is 0 Å². The molecule has 1 fully saturated rings. The van der Waals surface area contributed by atoms with E-state index in [1.807, 2.05) is 23.2 Å². The lowest BCUT2D eigenvalue weighted by atomic mass is 10.0. The number of likely N-dealkylation sites (tertiary alicyclic amines) is 1. The Kier molecular flexibility index (Phi) is 5.65. The molecule has 5 rings (SSSR count). The van der Waals surface area contributed by atoms with E-state index in [0.29, 0.717) is 52.4 Å². The highest BCUT2D eigenvalue weighted by molar-refractivity contribution is 6.07. The zero-order valence-electron chi connectivity index (χ0n) is 19.5. The number of nitrogens with one attached hydrogen (secondary N) is 1. The molecule has 1 N–H and O–H groups in total. The van der Waals surface area contributed by atoms with Crippen molar-refractivity contribution in [3.63, 3.8) is 0 Å². The third-order valence-electron chi connectivity index (χ3n) is 6.51. The van der Waals surface area contributed by atoms with Gasteiger partial charge in [0.05, 0.1) is 43.5 Å². The average Bonchev–Trinajstić information content (AvgIpc) is 3.36. The van der Waals surface area contributed by atoms with Crippen molar-refractivity contribution in [2.24, 2.45) is 0 Å². The molecule has 176 valence electrons. The van der Waals surface area contributed by atoms with Crippen LogP contribution in [-0.2, 0) is 0 Å². The molecule has 4 aromatic rings. The molecule has 2 aromatic carbocycles. The summed E-state index contributed by atoms with van der Waals surface area (Å²) in [6, 6.07) is 8.95. The first-order valence-electron chi connectivity index (χ1n) is 11.3. The van der Waals surface area contributed by atoms with Crippen molar-refractivity contribution in [1.29, 1.82) is 0 Å². The van der Waals surface area contributed by atoms with E-state index in [2.05, 4.69) is 4.98 Å². The molecule has 3 heterocycles. The van der Waals surface area contributed by atoms with E-state index in [-0.39, 0.29) is 11.5 Å². The fraction of sp³-hybridized carbons (Fsp3) is 0.308. The van der Waals surface area contributed by atoms with Gasteiger partial charge in [-0.2, -0.15) is 0 Å². The summed E-state index contributed by atoms with van der Waals surface area (Å²) >= 11 is 0. The van der Waals surface area contributed by atoms with E-state index in [1.54, 1.807) is 31.5 Å². The Balaban J connectivity index is 1.83. The number of nitrogens with zero attached hydrogens (tertiary/aromatic N) is 2. The monoisotopic (exact) mass is 461 g/mol. The number of aromatic amines is 1. The van der Waals surface area contributed by atoms with Crippen LogP contribution < -0.4 is 19.8 Å². The highest BCUT2D eigenvalue weighted by Gasteiger charge is 2.24. The van der Waals surface area contributed by atoms with Gasteiger partial charge < -0.3 is 24.1 Å². The molecule has 0 atom stereocenters. The predicted octanol–water partition coefficient (Wildman–Crippen LogP) is 4.12.